The van der Waals surface area contributed by atoms with Gasteiger partial charge in [0, 0.05) is 12.5 Å². The number of methoxy groups -OCH3 is 1. The molecule has 0 bridgehead atoms. The number of rotatable bonds is 5. The topological polar surface area (TPSA) is 56.3 Å². The fraction of sp³-hybridized carbons (Fsp3) is 0.250. The molecule has 0 N–H and O–H groups in total. The number of sulfone groups is 1. The predicted octanol–water partition coefficient (Wildman–Crippen LogP) is 2.26. The predicted molar refractivity (Wildman–Crippen MR) is 70.2 cm³/mol. The van der Waals surface area contributed by atoms with Gasteiger partial charge in [-0.15, -0.1) is 11.3 Å². The Bertz CT molecular complexity index is 605. The van der Waals surface area contributed by atoms with E-state index in [1.165, 1.54) is 11.3 Å². The van der Waals surface area contributed by atoms with Crippen LogP contribution in [-0.2, 0) is 26.9 Å². The van der Waals surface area contributed by atoms with Gasteiger partial charge in [0.25, 0.3) is 0 Å². The number of nitrogens with zero attached hydrogens (tertiary/aromatic N) is 1. The van der Waals surface area contributed by atoms with Gasteiger partial charge in [-0.2, -0.15) is 0 Å². The van der Waals surface area contributed by atoms with Crippen LogP contribution in [0.5, 0.6) is 0 Å². The average molecular weight is 283 g/mol. The summed E-state index contributed by atoms with van der Waals surface area (Å²) >= 11 is 1.41. The number of hydrogen-bond acceptors (Lipinski definition) is 5. The molecule has 0 aliphatic carbocycles. The molecule has 0 radical (unpaired) electrons. The van der Waals surface area contributed by atoms with E-state index in [4.69, 9.17) is 4.74 Å². The SMILES string of the molecule is COCc1nc(CS(=O)(=O)c2ccccc2)cs1. The van der Waals surface area contributed by atoms with Crippen molar-refractivity contribution in [1.82, 2.24) is 4.98 Å². The molecule has 2 rings (SSSR count). The van der Waals surface area contributed by atoms with E-state index in [-0.39, 0.29) is 5.75 Å². The van der Waals surface area contributed by atoms with Crippen LogP contribution in [0, 0.1) is 0 Å². The van der Waals surface area contributed by atoms with E-state index in [1.54, 1.807) is 42.8 Å². The Balaban J connectivity index is 2.17. The highest BCUT2D eigenvalue weighted by molar-refractivity contribution is 7.90. The molecule has 1 aromatic carbocycles. The molecular weight excluding hydrogens is 270 g/mol. The molecule has 1 aromatic heterocycles. The first-order valence-corrected chi connectivity index (χ1v) is 7.85. The number of ether oxygens (including phenoxy) is 1. The third kappa shape index (κ3) is 3.16. The molecule has 0 spiro atoms. The zero-order chi connectivity index (χ0) is 13.0. The summed E-state index contributed by atoms with van der Waals surface area (Å²) in [5, 5.41) is 2.55. The lowest BCUT2D eigenvalue weighted by molar-refractivity contribution is 0.184. The van der Waals surface area contributed by atoms with E-state index in [1.807, 2.05) is 0 Å². The van der Waals surface area contributed by atoms with Crippen molar-refractivity contribution in [3.05, 3.63) is 46.4 Å². The molecule has 18 heavy (non-hydrogen) atoms. The normalized spacial score (nSPS) is 11.6. The van der Waals surface area contributed by atoms with Gasteiger partial charge in [0.15, 0.2) is 9.84 Å². The van der Waals surface area contributed by atoms with Crippen LogP contribution in [0.3, 0.4) is 0 Å². The maximum absolute atomic E-state index is 12.1. The number of aromatic nitrogens is 1. The molecule has 1 heterocycles. The second-order valence-corrected chi connectivity index (χ2v) is 6.67. The largest absolute Gasteiger partial charge is 0.378 e. The molecule has 96 valence electrons. The van der Waals surface area contributed by atoms with E-state index >= 15 is 0 Å². The zero-order valence-corrected chi connectivity index (χ0v) is 11.5. The Labute approximate surface area is 110 Å². The van der Waals surface area contributed by atoms with E-state index in [9.17, 15) is 8.42 Å². The van der Waals surface area contributed by atoms with Gasteiger partial charge in [0.1, 0.15) is 5.01 Å². The summed E-state index contributed by atoms with van der Waals surface area (Å²) in [5.41, 5.74) is 0.566. The highest BCUT2D eigenvalue weighted by Crippen LogP contribution is 2.18. The van der Waals surface area contributed by atoms with Gasteiger partial charge < -0.3 is 4.74 Å². The fourth-order valence-corrected chi connectivity index (χ4v) is 3.66. The molecule has 0 saturated heterocycles. The molecule has 0 aliphatic heterocycles. The van der Waals surface area contributed by atoms with Crippen molar-refractivity contribution in [1.29, 1.82) is 0 Å². The summed E-state index contributed by atoms with van der Waals surface area (Å²) in [5.74, 6) is -0.0722. The number of hydrogen-bond donors (Lipinski definition) is 0. The van der Waals surface area contributed by atoms with E-state index in [0.29, 0.717) is 17.2 Å². The minimum absolute atomic E-state index is 0.0722. The summed E-state index contributed by atoms with van der Waals surface area (Å²) in [6, 6.07) is 8.41. The first-order chi connectivity index (χ1) is 8.62. The summed E-state index contributed by atoms with van der Waals surface area (Å²) in [6.07, 6.45) is 0. The summed E-state index contributed by atoms with van der Waals surface area (Å²) in [7, 11) is -1.73. The molecule has 0 aliphatic rings. The van der Waals surface area contributed by atoms with Crippen molar-refractivity contribution in [3.8, 4) is 0 Å². The van der Waals surface area contributed by atoms with Crippen LogP contribution in [0.2, 0.25) is 0 Å². The van der Waals surface area contributed by atoms with Crippen LogP contribution in [0.25, 0.3) is 0 Å². The lowest BCUT2D eigenvalue weighted by Crippen LogP contribution is -2.05. The van der Waals surface area contributed by atoms with Gasteiger partial charge >= 0.3 is 0 Å². The summed E-state index contributed by atoms with van der Waals surface area (Å²) in [4.78, 5) is 4.55. The summed E-state index contributed by atoms with van der Waals surface area (Å²) in [6.45, 7) is 0.413. The van der Waals surface area contributed by atoms with Crippen LogP contribution in [0.15, 0.2) is 40.6 Å². The minimum Gasteiger partial charge on any atom is -0.378 e. The quantitative estimate of drug-likeness (QED) is 0.844. The summed E-state index contributed by atoms with van der Waals surface area (Å²) < 4.78 is 29.2. The molecule has 0 fully saturated rings. The molecule has 0 saturated carbocycles. The molecular formula is C12H13NO3S2. The van der Waals surface area contributed by atoms with Crippen molar-refractivity contribution < 1.29 is 13.2 Å². The Hall–Kier alpha value is -1.24. The Morgan fingerprint density at radius 1 is 1.28 bits per heavy atom. The second kappa shape index (κ2) is 5.60. The third-order valence-corrected chi connectivity index (χ3v) is 4.84. The number of thiazole rings is 1. The molecule has 0 atom stereocenters. The van der Waals surface area contributed by atoms with Crippen molar-refractivity contribution >= 4 is 21.2 Å². The van der Waals surface area contributed by atoms with Crippen molar-refractivity contribution in [2.24, 2.45) is 0 Å². The monoisotopic (exact) mass is 283 g/mol. The second-order valence-electron chi connectivity index (χ2n) is 3.74. The Kier molecular flexibility index (Phi) is 4.11. The van der Waals surface area contributed by atoms with E-state index < -0.39 is 9.84 Å². The first kappa shape index (κ1) is 13.2. The first-order valence-electron chi connectivity index (χ1n) is 5.32. The lowest BCUT2D eigenvalue weighted by Gasteiger charge is -2.01. The van der Waals surface area contributed by atoms with Crippen LogP contribution < -0.4 is 0 Å². The molecule has 4 nitrogen and oxygen atoms in total. The third-order valence-electron chi connectivity index (χ3n) is 2.31. The van der Waals surface area contributed by atoms with Crippen molar-refractivity contribution in [2.75, 3.05) is 7.11 Å². The Morgan fingerprint density at radius 2 is 2.00 bits per heavy atom. The molecule has 6 heteroatoms. The van der Waals surface area contributed by atoms with Gasteiger partial charge in [-0.25, -0.2) is 13.4 Å². The van der Waals surface area contributed by atoms with Gasteiger partial charge in [-0.3, -0.25) is 0 Å². The Morgan fingerprint density at radius 3 is 2.67 bits per heavy atom. The smallest absolute Gasteiger partial charge is 0.184 e. The molecule has 0 amide bonds. The maximum Gasteiger partial charge on any atom is 0.184 e. The minimum atomic E-state index is -3.31. The van der Waals surface area contributed by atoms with Gasteiger partial charge in [-0.1, -0.05) is 18.2 Å². The molecule has 0 unspecified atom stereocenters. The van der Waals surface area contributed by atoms with Crippen LogP contribution in [0.4, 0.5) is 0 Å². The van der Waals surface area contributed by atoms with Crippen LogP contribution in [0.1, 0.15) is 10.7 Å². The standard InChI is InChI=1S/C12H13NO3S2/c1-16-7-12-13-10(8-17-12)9-18(14,15)11-5-3-2-4-6-11/h2-6,8H,7,9H2,1H3. The van der Waals surface area contributed by atoms with E-state index in [0.717, 1.165) is 5.01 Å². The molecule has 2 aromatic rings. The fourth-order valence-electron chi connectivity index (χ4n) is 1.51. The van der Waals surface area contributed by atoms with Gasteiger partial charge in [0.05, 0.1) is 22.9 Å². The van der Waals surface area contributed by atoms with Crippen LogP contribution in [-0.4, -0.2) is 20.5 Å². The highest BCUT2D eigenvalue weighted by atomic mass is 32.2. The average Bonchev–Trinajstić information content (AvgIpc) is 2.77. The lowest BCUT2D eigenvalue weighted by atomic mass is 10.4. The van der Waals surface area contributed by atoms with Gasteiger partial charge in [-0.05, 0) is 12.1 Å². The van der Waals surface area contributed by atoms with Crippen molar-refractivity contribution in [2.45, 2.75) is 17.3 Å². The van der Waals surface area contributed by atoms with Gasteiger partial charge in [0.2, 0.25) is 0 Å². The van der Waals surface area contributed by atoms with Crippen LogP contribution >= 0.6 is 11.3 Å². The van der Waals surface area contributed by atoms with Crippen molar-refractivity contribution in [3.63, 3.8) is 0 Å². The maximum atomic E-state index is 12.1. The number of benzene rings is 1. The van der Waals surface area contributed by atoms with E-state index in [2.05, 4.69) is 4.98 Å². The highest BCUT2D eigenvalue weighted by Gasteiger charge is 2.16. The zero-order valence-electron chi connectivity index (χ0n) is 9.87.